The van der Waals surface area contributed by atoms with Gasteiger partial charge in [-0.2, -0.15) is 0 Å². The summed E-state index contributed by atoms with van der Waals surface area (Å²) >= 11 is 5.84. The van der Waals surface area contributed by atoms with Crippen LogP contribution in [0.15, 0.2) is 24.3 Å². The van der Waals surface area contributed by atoms with Gasteiger partial charge in [0.15, 0.2) is 0 Å². The number of carbonyl (C=O) groups is 2. The summed E-state index contributed by atoms with van der Waals surface area (Å²) in [5.41, 5.74) is 0.671. The molecule has 0 saturated heterocycles. The highest BCUT2D eigenvalue weighted by Crippen LogP contribution is 2.14. The largest absolute Gasteiger partial charge is 0.466 e. The first-order valence-electron chi connectivity index (χ1n) is 7.89. The second kappa shape index (κ2) is 10.1. The third-order valence-electron chi connectivity index (χ3n) is 3.25. The molecule has 1 rings (SSSR count). The number of nitrogens with one attached hydrogen (secondary N) is 1. The lowest BCUT2D eigenvalue weighted by Gasteiger charge is -2.23. The number of nitrogens with zero attached hydrogens (tertiary/aromatic N) is 1. The summed E-state index contributed by atoms with van der Waals surface area (Å²) in [6.45, 7) is 7.24. The van der Waals surface area contributed by atoms with E-state index in [9.17, 15) is 9.59 Å². The minimum absolute atomic E-state index is 0.194. The number of ether oxygens (including phenoxy) is 1. The minimum Gasteiger partial charge on any atom is -0.466 e. The molecule has 23 heavy (non-hydrogen) atoms. The van der Waals surface area contributed by atoms with Crippen LogP contribution < -0.4 is 5.32 Å². The van der Waals surface area contributed by atoms with Crippen LogP contribution in [-0.2, 0) is 9.53 Å². The van der Waals surface area contributed by atoms with E-state index in [4.69, 9.17) is 16.3 Å². The second-order valence-electron chi connectivity index (χ2n) is 5.66. The van der Waals surface area contributed by atoms with Crippen molar-refractivity contribution >= 4 is 29.3 Å². The molecule has 1 aromatic carbocycles. The maximum absolute atomic E-state index is 12.4. The van der Waals surface area contributed by atoms with Gasteiger partial charge in [-0.15, -0.1) is 0 Å². The summed E-state index contributed by atoms with van der Waals surface area (Å²) in [6, 6.07) is 6.69. The molecule has 0 aliphatic rings. The molecule has 0 radical (unpaired) electrons. The van der Waals surface area contributed by atoms with E-state index in [1.807, 2.05) is 0 Å². The lowest BCUT2D eigenvalue weighted by Crippen LogP contribution is -2.37. The maximum Gasteiger partial charge on any atom is 0.321 e. The van der Waals surface area contributed by atoms with Gasteiger partial charge < -0.3 is 15.0 Å². The zero-order valence-corrected chi connectivity index (χ0v) is 14.7. The van der Waals surface area contributed by atoms with Crippen LogP contribution in [0, 0.1) is 5.92 Å². The SMILES string of the molecule is CCOC(=O)CCN(CCC(C)C)C(=O)Nc1ccc(Cl)cc1. The molecule has 0 spiro atoms. The highest BCUT2D eigenvalue weighted by atomic mass is 35.5. The molecule has 0 aromatic heterocycles. The Morgan fingerprint density at radius 1 is 1.22 bits per heavy atom. The lowest BCUT2D eigenvalue weighted by atomic mass is 10.1. The summed E-state index contributed by atoms with van der Waals surface area (Å²) in [6.07, 6.45) is 1.07. The summed E-state index contributed by atoms with van der Waals surface area (Å²) in [4.78, 5) is 25.6. The first kappa shape index (κ1) is 19.3. The summed E-state index contributed by atoms with van der Waals surface area (Å²) in [5.74, 6) is 0.185. The number of hydrogen-bond donors (Lipinski definition) is 1. The van der Waals surface area contributed by atoms with Crippen LogP contribution in [0.4, 0.5) is 10.5 Å². The Kier molecular flexibility index (Phi) is 8.48. The molecule has 1 N–H and O–H groups in total. The summed E-state index contributed by atoms with van der Waals surface area (Å²) < 4.78 is 4.92. The molecule has 1 aromatic rings. The van der Waals surface area contributed by atoms with E-state index in [0.29, 0.717) is 36.3 Å². The number of urea groups is 1. The van der Waals surface area contributed by atoms with Crippen molar-refractivity contribution in [3.63, 3.8) is 0 Å². The second-order valence-corrected chi connectivity index (χ2v) is 6.10. The quantitative estimate of drug-likeness (QED) is 0.722. The number of rotatable bonds is 8. The Hall–Kier alpha value is -1.75. The van der Waals surface area contributed by atoms with Crippen LogP contribution in [0.1, 0.15) is 33.6 Å². The topological polar surface area (TPSA) is 58.6 Å². The Bertz CT molecular complexity index is 503. The van der Waals surface area contributed by atoms with Crippen molar-refractivity contribution in [2.75, 3.05) is 25.0 Å². The van der Waals surface area contributed by atoms with Crippen molar-refractivity contribution in [1.29, 1.82) is 0 Å². The van der Waals surface area contributed by atoms with Crippen molar-refractivity contribution in [3.8, 4) is 0 Å². The van der Waals surface area contributed by atoms with E-state index in [1.165, 1.54) is 0 Å². The fourth-order valence-electron chi connectivity index (χ4n) is 1.92. The van der Waals surface area contributed by atoms with E-state index >= 15 is 0 Å². The molecule has 0 aliphatic carbocycles. The van der Waals surface area contributed by atoms with Crippen molar-refractivity contribution in [3.05, 3.63) is 29.3 Å². The van der Waals surface area contributed by atoms with Gasteiger partial charge in [0.1, 0.15) is 0 Å². The zero-order valence-electron chi connectivity index (χ0n) is 14.0. The number of anilines is 1. The molecule has 5 nitrogen and oxygen atoms in total. The fraction of sp³-hybridized carbons (Fsp3) is 0.529. The molecule has 2 amide bonds. The first-order chi connectivity index (χ1) is 10.9. The van der Waals surface area contributed by atoms with Crippen molar-refractivity contribution in [1.82, 2.24) is 4.90 Å². The van der Waals surface area contributed by atoms with Gasteiger partial charge in [0.05, 0.1) is 13.0 Å². The summed E-state index contributed by atoms with van der Waals surface area (Å²) in [7, 11) is 0. The molecule has 0 unspecified atom stereocenters. The van der Waals surface area contributed by atoms with E-state index in [1.54, 1.807) is 36.1 Å². The average Bonchev–Trinajstić information content (AvgIpc) is 2.49. The molecule has 6 heteroatoms. The molecule has 128 valence electrons. The van der Waals surface area contributed by atoms with Crippen LogP contribution >= 0.6 is 11.6 Å². The van der Waals surface area contributed by atoms with Crippen LogP contribution in [-0.4, -0.2) is 36.6 Å². The van der Waals surface area contributed by atoms with Gasteiger partial charge in [-0.1, -0.05) is 25.4 Å². The molecule has 0 atom stereocenters. The predicted octanol–water partition coefficient (Wildman–Crippen LogP) is 4.17. The predicted molar refractivity (Wildman–Crippen MR) is 92.7 cm³/mol. The third kappa shape index (κ3) is 7.88. The normalized spacial score (nSPS) is 10.5. The van der Waals surface area contributed by atoms with Gasteiger partial charge in [-0.25, -0.2) is 4.79 Å². The highest BCUT2D eigenvalue weighted by molar-refractivity contribution is 6.30. The monoisotopic (exact) mass is 340 g/mol. The van der Waals surface area contributed by atoms with Gasteiger partial charge in [-0.05, 0) is 43.5 Å². The van der Waals surface area contributed by atoms with Crippen LogP contribution in [0.25, 0.3) is 0 Å². The van der Waals surface area contributed by atoms with E-state index in [0.717, 1.165) is 6.42 Å². The summed E-state index contributed by atoms with van der Waals surface area (Å²) in [5, 5.41) is 3.44. The van der Waals surface area contributed by atoms with Gasteiger partial charge in [0.2, 0.25) is 0 Å². The molecule has 0 saturated carbocycles. The van der Waals surface area contributed by atoms with Crippen LogP contribution in [0.5, 0.6) is 0 Å². The molecular formula is C17H25ClN2O3. The van der Waals surface area contributed by atoms with Crippen LogP contribution in [0.2, 0.25) is 5.02 Å². The molecule has 0 aliphatic heterocycles. The number of hydrogen-bond acceptors (Lipinski definition) is 3. The first-order valence-corrected chi connectivity index (χ1v) is 8.27. The number of amides is 2. The van der Waals surface area contributed by atoms with E-state index in [2.05, 4.69) is 19.2 Å². The molecule has 0 bridgehead atoms. The average molecular weight is 341 g/mol. The molecule has 0 heterocycles. The number of carbonyl (C=O) groups excluding carboxylic acids is 2. The fourth-order valence-corrected chi connectivity index (χ4v) is 2.05. The van der Waals surface area contributed by atoms with Gasteiger partial charge >= 0.3 is 12.0 Å². The van der Waals surface area contributed by atoms with Crippen molar-refractivity contribution in [2.24, 2.45) is 5.92 Å². The van der Waals surface area contributed by atoms with E-state index in [-0.39, 0.29) is 18.4 Å². The lowest BCUT2D eigenvalue weighted by molar-refractivity contribution is -0.143. The van der Waals surface area contributed by atoms with Crippen molar-refractivity contribution in [2.45, 2.75) is 33.6 Å². The molecule has 0 fully saturated rings. The smallest absolute Gasteiger partial charge is 0.321 e. The van der Waals surface area contributed by atoms with Gasteiger partial charge in [0.25, 0.3) is 0 Å². The standard InChI is InChI=1S/C17H25ClN2O3/c1-4-23-16(21)10-12-20(11-9-13(2)3)17(22)19-15-7-5-14(18)6-8-15/h5-8,13H,4,9-12H2,1-3H3,(H,19,22). The third-order valence-corrected chi connectivity index (χ3v) is 3.50. The Morgan fingerprint density at radius 3 is 2.43 bits per heavy atom. The number of halogens is 1. The highest BCUT2D eigenvalue weighted by Gasteiger charge is 2.16. The van der Waals surface area contributed by atoms with Gasteiger partial charge in [0, 0.05) is 23.8 Å². The molecular weight excluding hydrogens is 316 g/mol. The van der Waals surface area contributed by atoms with Crippen LogP contribution in [0.3, 0.4) is 0 Å². The number of benzene rings is 1. The zero-order chi connectivity index (χ0) is 17.2. The number of esters is 1. The minimum atomic E-state index is -0.290. The Balaban J connectivity index is 2.63. The van der Waals surface area contributed by atoms with E-state index < -0.39 is 0 Å². The van der Waals surface area contributed by atoms with Gasteiger partial charge in [-0.3, -0.25) is 4.79 Å². The van der Waals surface area contributed by atoms with Crippen molar-refractivity contribution < 1.29 is 14.3 Å². The Labute approximate surface area is 142 Å². The maximum atomic E-state index is 12.4. The Morgan fingerprint density at radius 2 is 1.87 bits per heavy atom.